The first-order valence-corrected chi connectivity index (χ1v) is 8.36. The number of nitrogens with two attached hydrogens (primary N) is 2. The number of anilines is 1. The fourth-order valence-electron chi connectivity index (χ4n) is 2.61. The third-order valence-electron chi connectivity index (χ3n) is 4.03. The number of carbonyl (C=O) groups is 1. The van der Waals surface area contributed by atoms with Crippen molar-refractivity contribution in [1.29, 1.82) is 5.26 Å². The molecular formula is C21H18N6O. The van der Waals surface area contributed by atoms with Gasteiger partial charge in [0.1, 0.15) is 11.9 Å². The maximum Gasteiger partial charge on any atom is 0.248 e. The van der Waals surface area contributed by atoms with Crippen LogP contribution in [0.2, 0.25) is 0 Å². The number of primary amides is 1. The van der Waals surface area contributed by atoms with Crippen LogP contribution in [-0.2, 0) is 0 Å². The summed E-state index contributed by atoms with van der Waals surface area (Å²) in [7, 11) is 0. The van der Waals surface area contributed by atoms with Gasteiger partial charge in [0.2, 0.25) is 5.91 Å². The molecular weight excluding hydrogens is 352 g/mol. The molecule has 7 nitrogen and oxygen atoms in total. The number of rotatable bonds is 5. The van der Waals surface area contributed by atoms with Gasteiger partial charge in [0.05, 0.1) is 11.3 Å². The zero-order valence-electron chi connectivity index (χ0n) is 15.0. The molecule has 0 aliphatic carbocycles. The Morgan fingerprint density at radius 2 is 1.75 bits per heavy atom. The van der Waals surface area contributed by atoms with Crippen molar-refractivity contribution in [3.8, 4) is 17.2 Å². The number of carbonyl (C=O) groups excluding carboxylic acids is 1. The maximum atomic E-state index is 11.2. The molecule has 1 amide bonds. The highest BCUT2D eigenvalue weighted by Gasteiger charge is 2.04. The Hall–Kier alpha value is -4.31. The third kappa shape index (κ3) is 4.08. The van der Waals surface area contributed by atoms with Gasteiger partial charge in [-0.15, -0.1) is 0 Å². The van der Waals surface area contributed by atoms with Gasteiger partial charge in [0, 0.05) is 17.3 Å². The molecule has 0 saturated carbocycles. The van der Waals surface area contributed by atoms with E-state index in [1.165, 1.54) is 4.68 Å². The molecule has 0 unspecified atom stereocenters. The molecule has 5 N–H and O–H groups in total. The predicted molar refractivity (Wildman–Crippen MR) is 108 cm³/mol. The van der Waals surface area contributed by atoms with Crippen molar-refractivity contribution in [1.82, 2.24) is 4.68 Å². The van der Waals surface area contributed by atoms with Gasteiger partial charge < -0.3 is 16.9 Å². The molecule has 2 aromatic carbocycles. The van der Waals surface area contributed by atoms with Crippen molar-refractivity contribution in [2.45, 2.75) is 0 Å². The van der Waals surface area contributed by atoms with Crippen molar-refractivity contribution in [2.24, 2.45) is 10.7 Å². The zero-order chi connectivity index (χ0) is 20.1. The molecule has 1 heterocycles. The van der Waals surface area contributed by atoms with Crippen LogP contribution >= 0.6 is 0 Å². The van der Waals surface area contributed by atoms with Gasteiger partial charge in [-0.25, -0.2) is 4.99 Å². The molecule has 0 saturated heterocycles. The van der Waals surface area contributed by atoms with E-state index >= 15 is 0 Å². The summed E-state index contributed by atoms with van der Waals surface area (Å²) in [5.41, 5.74) is 9.03. The molecule has 0 aliphatic rings. The van der Waals surface area contributed by atoms with Crippen molar-refractivity contribution < 1.29 is 4.79 Å². The summed E-state index contributed by atoms with van der Waals surface area (Å²) in [6.45, 7) is 3.87. The number of hydrogen-bond donors (Lipinski definition) is 3. The van der Waals surface area contributed by atoms with Gasteiger partial charge in [-0.1, -0.05) is 30.8 Å². The minimum Gasteiger partial charge on any atom is -0.366 e. The number of benzene rings is 2. The number of nitrogens with zero attached hydrogens (tertiary/aromatic N) is 3. The van der Waals surface area contributed by atoms with Crippen LogP contribution in [0, 0.1) is 11.3 Å². The Morgan fingerprint density at radius 3 is 2.39 bits per heavy atom. The van der Waals surface area contributed by atoms with Crippen LogP contribution in [0.15, 0.2) is 84.3 Å². The number of amides is 1. The molecule has 3 rings (SSSR count). The molecule has 3 aromatic rings. The Morgan fingerprint density at radius 1 is 1.07 bits per heavy atom. The number of nitriles is 1. The lowest BCUT2D eigenvalue weighted by molar-refractivity contribution is 0.100. The number of nitrogen functional groups attached to an aromatic ring is 1. The topological polar surface area (TPSA) is 122 Å². The average molecular weight is 370 g/mol. The minimum atomic E-state index is -0.474. The number of pyridine rings is 1. The van der Waals surface area contributed by atoms with Crippen molar-refractivity contribution in [3.05, 3.63) is 95.9 Å². The highest BCUT2D eigenvalue weighted by molar-refractivity contribution is 5.93. The summed E-state index contributed by atoms with van der Waals surface area (Å²) >= 11 is 0. The highest BCUT2D eigenvalue weighted by atomic mass is 16.1. The van der Waals surface area contributed by atoms with Gasteiger partial charge in [-0.05, 0) is 42.0 Å². The van der Waals surface area contributed by atoms with E-state index in [1.54, 1.807) is 54.7 Å². The van der Waals surface area contributed by atoms with E-state index in [0.717, 1.165) is 11.1 Å². The minimum absolute atomic E-state index is 0.348. The first-order chi connectivity index (χ1) is 13.5. The zero-order valence-corrected chi connectivity index (χ0v) is 15.0. The van der Waals surface area contributed by atoms with Gasteiger partial charge in [-0.3, -0.25) is 9.47 Å². The van der Waals surface area contributed by atoms with Crippen molar-refractivity contribution in [3.63, 3.8) is 0 Å². The van der Waals surface area contributed by atoms with Crippen LogP contribution < -0.4 is 22.4 Å². The molecule has 0 bridgehead atoms. The highest BCUT2D eigenvalue weighted by Crippen LogP contribution is 2.18. The summed E-state index contributed by atoms with van der Waals surface area (Å²) in [6.07, 6.45) is 1.72. The lowest BCUT2D eigenvalue weighted by Crippen LogP contribution is -2.27. The lowest BCUT2D eigenvalue weighted by Gasteiger charge is -2.09. The molecule has 28 heavy (non-hydrogen) atoms. The molecule has 0 aliphatic heterocycles. The fourth-order valence-corrected chi connectivity index (χ4v) is 2.61. The van der Waals surface area contributed by atoms with Crippen molar-refractivity contribution >= 4 is 11.6 Å². The smallest absolute Gasteiger partial charge is 0.248 e. The normalized spacial score (nSPS) is 10.9. The Kier molecular flexibility index (Phi) is 5.23. The van der Waals surface area contributed by atoms with Gasteiger partial charge in [0.25, 0.3) is 0 Å². The summed E-state index contributed by atoms with van der Waals surface area (Å²) < 4.78 is 1.38. The molecule has 0 spiro atoms. The van der Waals surface area contributed by atoms with Gasteiger partial charge in [0.15, 0.2) is 5.49 Å². The fraction of sp³-hybridized carbons (Fsp3) is 0. The Balaban J connectivity index is 1.84. The number of hydrogen-bond acceptors (Lipinski definition) is 5. The lowest BCUT2D eigenvalue weighted by atomic mass is 10.1. The number of aromatic nitrogens is 1. The summed E-state index contributed by atoms with van der Waals surface area (Å²) in [4.78, 5) is 15.5. The van der Waals surface area contributed by atoms with E-state index < -0.39 is 5.91 Å². The predicted octanol–water partition coefficient (Wildman–Crippen LogP) is 2.32. The summed E-state index contributed by atoms with van der Waals surface area (Å²) in [6, 6.07) is 19.7. The summed E-state index contributed by atoms with van der Waals surface area (Å²) in [5, 5.41) is 12.2. The molecule has 0 atom stereocenters. The molecule has 0 radical (unpaired) electrons. The van der Waals surface area contributed by atoms with E-state index in [1.807, 2.05) is 12.1 Å². The molecule has 138 valence electrons. The second kappa shape index (κ2) is 7.93. The van der Waals surface area contributed by atoms with Crippen LogP contribution in [0.5, 0.6) is 0 Å². The standard InChI is InChI=1S/C21H18N6O/c1-14(25-19-5-3-2-4-17(19)12-22)26-20-11-10-18(13-27(20)24)15-6-8-16(9-7-15)21(23)28/h2-11,13,25H,1,24H2,(H2,23,28)/b26-20-. The van der Waals surface area contributed by atoms with E-state index in [9.17, 15) is 4.79 Å². The molecule has 7 heteroatoms. The summed E-state index contributed by atoms with van der Waals surface area (Å²) in [5.74, 6) is 5.94. The van der Waals surface area contributed by atoms with E-state index in [4.69, 9.17) is 16.8 Å². The second-order valence-electron chi connectivity index (χ2n) is 5.97. The van der Waals surface area contributed by atoms with Crippen LogP contribution in [0.1, 0.15) is 15.9 Å². The largest absolute Gasteiger partial charge is 0.366 e. The Bertz CT molecular complexity index is 1150. The van der Waals surface area contributed by atoms with E-state index in [2.05, 4.69) is 23.0 Å². The maximum absolute atomic E-state index is 11.2. The first-order valence-electron chi connectivity index (χ1n) is 8.36. The first kappa shape index (κ1) is 18.5. The SMILES string of the molecule is C=C(/N=c1/ccc(-c2ccc(C(N)=O)cc2)cn1N)Nc1ccccc1C#N. The monoisotopic (exact) mass is 370 g/mol. The molecule has 1 aromatic heterocycles. The quantitative estimate of drug-likeness (QED) is 0.597. The van der Waals surface area contributed by atoms with Gasteiger partial charge >= 0.3 is 0 Å². The average Bonchev–Trinajstić information content (AvgIpc) is 2.70. The Labute approximate surface area is 161 Å². The third-order valence-corrected chi connectivity index (χ3v) is 4.03. The van der Waals surface area contributed by atoms with Crippen LogP contribution in [-0.4, -0.2) is 10.6 Å². The number of para-hydroxylation sites is 1. The number of nitrogens with one attached hydrogen (secondary N) is 1. The second-order valence-corrected chi connectivity index (χ2v) is 5.97. The van der Waals surface area contributed by atoms with Crippen LogP contribution in [0.4, 0.5) is 5.69 Å². The van der Waals surface area contributed by atoms with E-state index in [0.29, 0.717) is 28.1 Å². The van der Waals surface area contributed by atoms with Crippen LogP contribution in [0.3, 0.4) is 0 Å². The van der Waals surface area contributed by atoms with Crippen LogP contribution in [0.25, 0.3) is 11.1 Å². The van der Waals surface area contributed by atoms with Crippen molar-refractivity contribution in [2.75, 3.05) is 11.2 Å². The van der Waals surface area contributed by atoms with Gasteiger partial charge in [-0.2, -0.15) is 5.26 Å². The molecule has 0 fully saturated rings. The van der Waals surface area contributed by atoms with E-state index in [-0.39, 0.29) is 0 Å².